The van der Waals surface area contributed by atoms with Gasteiger partial charge in [-0.15, -0.1) is 0 Å². The quantitative estimate of drug-likeness (QED) is 0.0421. The lowest BCUT2D eigenvalue weighted by Gasteiger charge is -2.35. The molecule has 4 rings (SSSR count). The van der Waals surface area contributed by atoms with Gasteiger partial charge in [-0.1, -0.05) is 37.1 Å². The minimum Gasteiger partial charge on any atom is -0.481 e. The zero-order valence-electron chi connectivity index (χ0n) is 36.5. The summed E-state index contributed by atoms with van der Waals surface area (Å²) in [6.07, 6.45) is 2.32. The lowest BCUT2D eigenvalue weighted by Crippen LogP contribution is -2.49. The molecule has 0 atom stereocenters. The molecule has 0 aliphatic carbocycles. The molecule has 0 radical (unpaired) electrons. The van der Waals surface area contributed by atoms with Crippen LogP contribution in [0.5, 0.6) is 0 Å². The summed E-state index contributed by atoms with van der Waals surface area (Å²) in [6.45, 7) is 4.83. The summed E-state index contributed by atoms with van der Waals surface area (Å²) in [7, 11) is 0. The third-order valence-electron chi connectivity index (χ3n) is 12.6. The minimum absolute atomic E-state index is 0.0623. The first kappa shape index (κ1) is 51.0. The largest absolute Gasteiger partial charge is 0.481 e. The van der Waals surface area contributed by atoms with Crippen LogP contribution in [0.15, 0.2) is 24.3 Å². The molecule has 0 unspecified atom stereocenters. The summed E-state index contributed by atoms with van der Waals surface area (Å²) in [6, 6.07) is 8.83. The third kappa shape index (κ3) is 16.5. The molecule has 0 saturated heterocycles. The van der Waals surface area contributed by atoms with Gasteiger partial charge in [0.15, 0.2) is 0 Å². The number of amides is 2. The molecule has 352 valence electrons. The number of carboxylic acids is 6. The monoisotopic (exact) mass is 896 g/mol. The summed E-state index contributed by atoms with van der Waals surface area (Å²) < 4.78 is 0. The number of benzene rings is 2. The number of unbranched alkanes of at least 4 members (excludes halogenated alkanes) is 4. The maximum absolute atomic E-state index is 13.0. The van der Waals surface area contributed by atoms with Gasteiger partial charge in [0.05, 0.1) is 0 Å². The first-order chi connectivity index (χ1) is 30.4. The Kier molecular flexibility index (Phi) is 19.5. The molecule has 0 bridgehead atoms. The van der Waals surface area contributed by atoms with Gasteiger partial charge in [-0.2, -0.15) is 0 Å². The summed E-state index contributed by atoms with van der Waals surface area (Å²) in [4.78, 5) is 98.8. The van der Waals surface area contributed by atoms with E-state index in [4.69, 9.17) is 0 Å². The molecule has 0 saturated carbocycles. The number of carboxylic acid groups (broad SMARTS) is 6. The zero-order valence-corrected chi connectivity index (χ0v) is 36.5. The molecule has 0 aromatic heterocycles. The molecule has 64 heavy (non-hydrogen) atoms. The van der Waals surface area contributed by atoms with Crippen LogP contribution in [0.4, 0.5) is 0 Å². The van der Waals surface area contributed by atoms with Gasteiger partial charge in [-0.05, 0) is 110 Å². The molecular weight excluding hydrogens is 833 g/mol. The van der Waals surface area contributed by atoms with Crippen LogP contribution in [0.2, 0.25) is 0 Å². The number of nitrogens with one attached hydrogen (secondary N) is 2. The van der Waals surface area contributed by atoms with Crippen LogP contribution in [-0.2, 0) is 64.5 Å². The van der Waals surface area contributed by atoms with Crippen molar-refractivity contribution in [3.63, 3.8) is 0 Å². The van der Waals surface area contributed by atoms with E-state index < -0.39 is 46.9 Å². The van der Waals surface area contributed by atoms with Crippen molar-refractivity contribution in [2.75, 3.05) is 13.1 Å². The first-order valence-electron chi connectivity index (χ1n) is 22.3. The molecule has 2 aliphatic heterocycles. The Hall–Kier alpha value is -5.62. The minimum atomic E-state index is -1.24. The van der Waals surface area contributed by atoms with Gasteiger partial charge in [-0.3, -0.25) is 48.2 Å². The number of hydrogen-bond donors (Lipinski definition) is 8. The standard InChI is InChI=1S/C46H64N4O14/c51-35(47-45(19-13-37(53)54,20-14-38(55)56)21-15-39(57)58)7-3-1-5-25-49-27-31-9-11-33-29-50(30-34-12-10-32(28-49)43(31)44(33)34)26-6-2-4-8-36(52)48-46(22-16-40(59)60,23-17-41(61)62)24-18-42(63)64/h9-12H,1-8,13-30H2,(H,47,51)(H,48,52)(H,53,54)(H,55,56)(H,57,58)(H,59,60)(H,61,62)(H,63,64). The molecule has 2 aromatic rings. The van der Waals surface area contributed by atoms with E-state index in [2.05, 4.69) is 44.7 Å². The third-order valence-corrected chi connectivity index (χ3v) is 12.6. The SMILES string of the molecule is O=C(O)CCC(CCC(=O)O)(CCC(=O)O)NC(=O)CCCCCN1Cc2ccc3c4c(ccc(c24)C1)CN(CCCCCC(=O)NC(CCC(=O)O)(CCC(=O)O)CCC(=O)O)C3. The normalized spacial score (nSPS) is 13.9. The van der Waals surface area contributed by atoms with E-state index in [0.717, 1.165) is 65.0 Å². The van der Waals surface area contributed by atoms with Gasteiger partial charge < -0.3 is 41.3 Å². The molecule has 2 amide bonds. The number of nitrogens with zero attached hydrogens (tertiary/aromatic N) is 2. The average Bonchev–Trinajstić information content (AvgIpc) is 3.23. The van der Waals surface area contributed by atoms with Crippen LogP contribution < -0.4 is 10.6 Å². The molecule has 18 nitrogen and oxygen atoms in total. The molecule has 18 heteroatoms. The maximum atomic E-state index is 13.0. The van der Waals surface area contributed by atoms with Crippen molar-refractivity contribution in [1.29, 1.82) is 0 Å². The summed E-state index contributed by atoms with van der Waals surface area (Å²) >= 11 is 0. The van der Waals surface area contributed by atoms with Crippen LogP contribution in [0, 0.1) is 0 Å². The van der Waals surface area contributed by atoms with Crippen molar-refractivity contribution in [3.8, 4) is 0 Å². The fourth-order valence-electron chi connectivity index (χ4n) is 9.22. The molecule has 0 spiro atoms. The molecule has 2 aliphatic rings. The van der Waals surface area contributed by atoms with Crippen molar-refractivity contribution in [1.82, 2.24) is 20.4 Å². The second-order valence-corrected chi connectivity index (χ2v) is 17.6. The molecule has 0 fully saturated rings. The van der Waals surface area contributed by atoms with Crippen molar-refractivity contribution < 1.29 is 69.0 Å². The van der Waals surface area contributed by atoms with E-state index in [1.807, 2.05) is 0 Å². The van der Waals surface area contributed by atoms with E-state index in [9.17, 15) is 69.0 Å². The fourth-order valence-corrected chi connectivity index (χ4v) is 9.22. The number of carbonyl (C=O) groups excluding carboxylic acids is 2. The second-order valence-electron chi connectivity index (χ2n) is 17.6. The Balaban J connectivity index is 1.23. The first-order valence-corrected chi connectivity index (χ1v) is 22.3. The summed E-state index contributed by atoms with van der Waals surface area (Å²) in [5.74, 6) is -7.40. The lowest BCUT2D eigenvalue weighted by atomic mass is 9.83. The number of rotatable bonds is 32. The van der Waals surface area contributed by atoms with Gasteiger partial charge >= 0.3 is 35.8 Å². The van der Waals surface area contributed by atoms with Gasteiger partial charge in [-0.25, -0.2) is 0 Å². The number of carbonyl (C=O) groups is 8. The topological polar surface area (TPSA) is 288 Å². The van der Waals surface area contributed by atoms with Crippen LogP contribution in [-0.4, -0.2) is 112 Å². The Bertz CT molecular complexity index is 1740. The van der Waals surface area contributed by atoms with Gasteiger partial charge in [0.2, 0.25) is 11.8 Å². The average molecular weight is 897 g/mol. The Morgan fingerprint density at radius 3 is 0.875 bits per heavy atom. The van der Waals surface area contributed by atoms with Gasteiger partial charge in [0, 0.05) is 88.6 Å². The van der Waals surface area contributed by atoms with E-state index >= 15 is 0 Å². The van der Waals surface area contributed by atoms with E-state index in [1.54, 1.807) is 0 Å². The summed E-state index contributed by atoms with van der Waals surface area (Å²) in [5, 5.41) is 63.8. The van der Waals surface area contributed by atoms with Crippen LogP contribution in [0.25, 0.3) is 10.8 Å². The van der Waals surface area contributed by atoms with Gasteiger partial charge in [0.1, 0.15) is 0 Å². The van der Waals surface area contributed by atoms with Crippen molar-refractivity contribution in [3.05, 3.63) is 46.5 Å². The fraction of sp³-hybridized carbons (Fsp3) is 0.609. The molecule has 2 heterocycles. The molecule has 8 N–H and O–H groups in total. The predicted molar refractivity (Wildman–Crippen MR) is 232 cm³/mol. The highest BCUT2D eigenvalue weighted by Crippen LogP contribution is 2.38. The van der Waals surface area contributed by atoms with E-state index in [1.165, 1.54) is 33.0 Å². The zero-order chi connectivity index (χ0) is 46.9. The van der Waals surface area contributed by atoms with E-state index in [-0.39, 0.29) is 102 Å². The highest BCUT2D eigenvalue weighted by molar-refractivity contribution is 5.95. The van der Waals surface area contributed by atoms with Crippen LogP contribution in [0.1, 0.15) is 151 Å². The van der Waals surface area contributed by atoms with Crippen LogP contribution >= 0.6 is 0 Å². The second kappa shape index (κ2) is 24.4. The van der Waals surface area contributed by atoms with E-state index in [0.29, 0.717) is 12.8 Å². The highest BCUT2D eigenvalue weighted by Gasteiger charge is 2.35. The molecular formula is C46H64N4O14. The Morgan fingerprint density at radius 2 is 0.641 bits per heavy atom. The Morgan fingerprint density at radius 1 is 0.391 bits per heavy atom. The smallest absolute Gasteiger partial charge is 0.303 e. The van der Waals surface area contributed by atoms with Crippen molar-refractivity contribution in [2.24, 2.45) is 0 Å². The number of aliphatic carboxylic acids is 6. The predicted octanol–water partition coefficient (Wildman–Crippen LogP) is 5.49. The maximum Gasteiger partial charge on any atom is 0.303 e. The van der Waals surface area contributed by atoms with Crippen LogP contribution in [0.3, 0.4) is 0 Å². The Labute approximate surface area is 372 Å². The van der Waals surface area contributed by atoms with Crippen molar-refractivity contribution >= 4 is 58.4 Å². The number of hydrogen-bond acceptors (Lipinski definition) is 10. The van der Waals surface area contributed by atoms with Gasteiger partial charge in [0.25, 0.3) is 0 Å². The lowest BCUT2D eigenvalue weighted by molar-refractivity contribution is -0.141. The highest BCUT2D eigenvalue weighted by atomic mass is 16.4. The van der Waals surface area contributed by atoms with Crippen molar-refractivity contribution in [2.45, 2.75) is 166 Å². The summed E-state index contributed by atoms with van der Waals surface area (Å²) in [5.41, 5.74) is 2.61. The molecule has 2 aromatic carbocycles.